The Morgan fingerprint density at radius 3 is 2.17 bits per heavy atom. The molecule has 0 saturated carbocycles. The zero-order valence-corrected chi connectivity index (χ0v) is 11.8. The van der Waals surface area contributed by atoms with Crippen LogP contribution < -0.4 is 5.32 Å². The van der Waals surface area contributed by atoms with Crippen LogP contribution in [0.15, 0.2) is 48.5 Å². The van der Waals surface area contributed by atoms with Crippen LogP contribution in [0.2, 0.25) is 5.02 Å². The van der Waals surface area contributed by atoms with Gasteiger partial charge in [-0.1, -0.05) is 56.6 Å². The van der Waals surface area contributed by atoms with Gasteiger partial charge in [0, 0.05) is 5.69 Å². The highest BCUT2D eigenvalue weighted by molar-refractivity contribution is 6.33. The Hall–Kier alpha value is -1.47. The Morgan fingerprint density at radius 2 is 1.61 bits per heavy atom. The number of hydrogen-bond acceptors (Lipinski definition) is 1. The number of anilines is 2. The van der Waals surface area contributed by atoms with Gasteiger partial charge in [-0.25, -0.2) is 0 Å². The number of rotatable bonds is 2. The van der Waals surface area contributed by atoms with Crippen LogP contribution in [-0.2, 0) is 5.41 Å². The van der Waals surface area contributed by atoms with Gasteiger partial charge in [0.25, 0.3) is 0 Å². The molecule has 0 saturated heterocycles. The summed E-state index contributed by atoms with van der Waals surface area (Å²) in [6, 6.07) is 16.2. The highest BCUT2D eigenvalue weighted by Crippen LogP contribution is 2.31. The van der Waals surface area contributed by atoms with Crippen LogP contribution in [0.3, 0.4) is 0 Å². The molecule has 1 N–H and O–H groups in total. The van der Waals surface area contributed by atoms with Crippen LogP contribution >= 0.6 is 11.6 Å². The van der Waals surface area contributed by atoms with Crippen LogP contribution in [0.4, 0.5) is 11.4 Å². The van der Waals surface area contributed by atoms with E-state index in [1.165, 1.54) is 5.56 Å². The Kier molecular flexibility index (Phi) is 3.63. The van der Waals surface area contributed by atoms with Gasteiger partial charge in [-0.05, 0) is 35.2 Å². The summed E-state index contributed by atoms with van der Waals surface area (Å²) in [7, 11) is 0. The van der Waals surface area contributed by atoms with Gasteiger partial charge in [0.15, 0.2) is 0 Å². The van der Waals surface area contributed by atoms with E-state index in [0.717, 1.165) is 16.4 Å². The molecule has 2 aromatic carbocycles. The molecule has 94 valence electrons. The van der Waals surface area contributed by atoms with E-state index in [0.29, 0.717) is 0 Å². The van der Waals surface area contributed by atoms with E-state index in [4.69, 9.17) is 11.6 Å². The Labute approximate surface area is 114 Å². The zero-order valence-electron chi connectivity index (χ0n) is 11.0. The highest BCUT2D eigenvalue weighted by atomic mass is 35.5. The summed E-state index contributed by atoms with van der Waals surface area (Å²) >= 11 is 6.32. The topological polar surface area (TPSA) is 12.0 Å². The van der Waals surface area contributed by atoms with Gasteiger partial charge in [-0.3, -0.25) is 0 Å². The van der Waals surface area contributed by atoms with Crippen molar-refractivity contribution < 1.29 is 0 Å². The monoisotopic (exact) mass is 259 g/mol. The van der Waals surface area contributed by atoms with E-state index in [1.54, 1.807) is 0 Å². The smallest absolute Gasteiger partial charge is 0.0643 e. The number of benzene rings is 2. The summed E-state index contributed by atoms with van der Waals surface area (Å²) in [6.07, 6.45) is 0. The van der Waals surface area contributed by atoms with Crippen molar-refractivity contribution in [2.75, 3.05) is 5.32 Å². The SMILES string of the molecule is CC(C)(C)c1ccc(Nc2ccccc2)c(Cl)c1. The molecule has 0 unspecified atom stereocenters. The molecule has 0 aliphatic carbocycles. The van der Waals surface area contributed by atoms with Crippen LogP contribution in [0.5, 0.6) is 0 Å². The summed E-state index contributed by atoms with van der Waals surface area (Å²) < 4.78 is 0. The molecule has 0 heterocycles. The molecule has 2 aromatic rings. The van der Waals surface area contributed by atoms with Crippen molar-refractivity contribution in [3.8, 4) is 0 Å². The lowest BCUT2D eigenvalue weighted by molar-refractivity contribution is 0.590. The zero-order chi connectivity index (χ0) is 13.2. The minimum atomic E-state index is 0.120. The minimum Gasteiger partial charge on any atom is -0.354 e. The van der Waals surface area contributed by atoms with E-state index < -0.39 is 0 Å². The van der Waals surface area contributed by atoms with Crippen molar-refractivity contribution in [3.63, 3.8) is 0 Å². The average molecular weight is 260 g/mol. The molecule has 0 bridgehead atoms. The largest absolute Gasteiger partial charge is 0.354 e. The van der Waals surface area contributed by atoms with E-state index >= 15 is 0 Å². The number of hydrogen-bond donors (Lipinski definition) is 1. The van der Waals surface area contributed by atoms with E-state index in [-0.39, 0.29) is 5.41 Å². The van der Waals surface area contributed by atoms with E-state index in [2.05, 4.69) is 32.2 Å². The van der Waals surface area contributed by atoms with Crippen LogP contribution in [-0.4, -0.2) is 0 Å². The fourth-order valence-corrected chi connectivity index (χ4v) is 1.99. The van der Waals surface area contributed by atoms with Gasteiger partial charge in [0.2, 0.25) is 0 Å². The van der Waals surface area contributed by atoms with E-state index in [9.17, 15) is 0 Å². The first-order valence-corrected chi connectivity index (χ1v) is 6.47. The van der Waals surface area contributed by atoms with Gasteiger partial charge in [0.05, 0.1) is 10.7 Å². The fraction of sp³-hybridized carbons (Fsp3) is 0.250. The second-order valence-electron chi connectivity index (χ2n) is 5.44. The Morgan fingerprint density at radius 1 is 0.944 bits per heavy atom. The average Bonchev–Trinajstić information content (AvgIpc) is 2.32. The van der Waals surface area contributed by atoms with E-state index in [1.807, 2.05) is 42.5 Å². The van der Waals surface area contributed by atoms with Gasteiger partial charge in [-0.15, -0.1) is 0 Å². The molecular formula is C16H18ClN. The van der Waals surface area contributed by atoms with Crippen LogP contribution in [0.1, 0.15) is 26.3 Å². The first-order valence-electron chi connectivity index (χ1n) is 6.09. The molecule has 2 heteroatoms. The first-order chi connectivity index (χ1) is 8.47. The molecule has 0 fully saturated rings. The third-order valence-corrected chi connectivity index (χ3v) is 3.20. The van der Waals surface area contributed by atoms with Crippen molar-refractivity contribution in [1.82, 2.24) is 0 Å². The second kappa shape index (κ2) is 5.03. The molecule has 0 spiro atoms. The molecule has 0 radical (unpaired) electrons. The maximum atomic E-state index is 6.32. The molecule has 0 aromatic heterocycles. The number of para-hydroxylation sites is 1. The third kappa shape index (κ3) is 3.05. The van der Waals surface area contributed by atoms with Crippen LogP contribution in [0.25, 0.3) is 0 Å². The lowest BCUT2D eigenvalue weighted by Crippen LogP contribution is -2.10. The summed E-state index contributed by atoms with van der Waals surface area (Å²) in [6.45, 7) is 6.55. The standard InChI is InChI=1S/C16H18ClN/c1-16(2,3)12-9-10-15(14(17)11-12)18-13-7-5-4-6-8-13/h4-11,18H,1-3H3. The first kappa shape index (κ1) is 13.0. The maximum absolute atomic E-state index is 6.32. The predicted octanol–water partition coefficient (Wildman–Crippen LogP) is 5.38. The lowest BCUT2D eigenvalue weighted by atomic mass is 9.87. The summed E-state index contributed by atoms with van der Waals surface area (Å²) in [5, 5.41) is 4.07. The molecule has 18 heavy (non-hydrogen) atoms. The second-order valence-corrected chi connectivity index (χ2v) is 5.84. The molecule has 1 nitrogen and oxygen atoms in total. The molecular weight excluding hydrogens is 242 g/mol. The van der Waals surface area contributed by atoms with Gasteiger partial charge in [-0.2, -0.15) is 0 Å². The molecule has 2 rings (SSSR count). The van der Waals surface area contributed by atoms with Crippen molar-refractivity contribution in [3.05, 3.63) is 59.1 Å². The highest BCUT2D eigenvalue weighted by Gasteiger charge is 2.14. The molecule has 0 aliphatic rings. The normalized spacial score (nSPS) is 11.3. The fourth-order valence-electron chi connectivity index (χ4n) is 1.76. The number of nitrogens with one attached hydrogen (secondary N) is 1. The summed E-state index contributed by atoms with van der Waals surface area (Å²) in [5.74, 6) is 0. The number of halogens is 1. The van der Waals surface area contributed by atoms with Gasteiger partial charge in [0.1, 0.15) is 0 Å². The summed E-state index contributed by atoms with van der Waals surface area (Å²) in [5.41, 5.74) is 3.35. The van der Waals surface area contributed by atoms with Crippen molar-refractivity contribution in [2.45, 2.75) is 26.2 Å². The minimum absolute atomic E-state index is 0.120. The Balaban J connectivity index is 2.26. The third-order valence-electron chi connectivity index (χ3n) is 2.89. The van der Waals surface area contributed by atoms with Gasteiger partial charge >= 0.3 is 0 Å². The van der Waals surface area contributed by atoms with Crippen LogP contribution in [0, 0.1) is 0 Å². The quantitative estimate of drug-likeness (QED) is 0.763. The van der Waals surface area contributed by atoms with Crippen molar-refractivity contribution in [2.24, 2.45) is 0 Å². The molecule has 0 atom stereocenters. The maximum Gasteiger partial charge on any atom is 0.0643 e. The lowest BCUT2D eigenvalue weighted by Gasteiger charge is -2.20. The van der Waals surface area contributed by atoms with Gasteiger partial charge < -0.3 is 5.32 Å². The summed E-state index contributed by atoms with van der Waals surface area (Å²) in [4.78, 5) is 0. The molecule has 0 amide bonds. The molecule has 0 aliphatic heterocycles. The van der Waals surface area contributed by atoms with Crippen molar-refractivity contribution in [1.29, 1.82) is 0 Å². The Bertz CT molecular complexity index is 527. The van der Waals surface area contributed by atoms with Crippen molar-refractivity contribution >= 4 is 23.0 Å². The predicted molar refractivity (Wildman–Crippen MR) is 79.9 cm³/mol.